The average molecular weight is 348 g/mol. The number of fused-ring (bicyclic) bond motifs is 1. The zero-order chi connectivity index (χ0) is 12.4. The first-order valence-corrected chi connectivity index (χ1v) is 6.55. The van der Waals surface area contributed by atoms with Gasteiger partial charge in [0, 0.05) is 0 Å². The van der Waals surface area contributed by atoms with Crippen molar-refractivity contribution in [3.8, 4) is 11.6 Å². The monoisotopic (exact) mass is 348 g/mol. The summed E-state index contributed by atoms with van der Waals surface area (Å²) in [6.45, 7) is 0. The topological polar surface area (TPSA) is 35.0 Å². The number of nitrogens with zero attached hydrogens (tertiary/aromatic N) is 2. The lowest BCUT2D eigenvalue weighted by Gasteiger charge is -2.06. The van der Waals surface area contributed by atoms with Crippen molar-refractivity contribution in [2.24, 2.45) is 0 Å². The van der Waals surface area contributed by atoms with Gasteiger partial charge < -0.3 is 4.74 Å². The standard InChI is InChI=1S/C14H9IN2O/c15-10-5-1-4-8-13(10)18-14-9-16-11-6-2-3-7-12(11)17-14/h1-9H. The number of ether oxygens (including phenoxy) is 1. The zero-order valence-corrected chi connectivity index (χ0v) is 11.5. The van der Waals surface area contributed by atoms with Gasteiger partial charge >= 0.3 is 0 Å². The SMILES string of the molecule is Ic1ccccc1Oc1cnc2ccccc2n1. The van der Waals surface area contributed by atoms with Crippen LogP contribution >= 0.6 is 22.6 Å². The molecular formula is C14H9IN2O. The predicted octanol–water partition coefficient (Wildman–Crippen LogP) is 4.03. The third-order valence-electron chi connectivity index (χ3n) is 2.48. The van der Waals surface area contributed by atoms with Crippen molar-refractivity contribution in [1.29, 1.82) is 0 Å². The molecule has 3 rings (SSSR count). The summed E-state index contributed by atoms with van der Waals surface area (Å²) in [6, 6.07) is 15.5. The summed E-state index contributed by atoms with van der Waals surface area (Å²) in [5.74, 6) is 1.31. The molecule has 0 bridgehead atoms. The molecule has 18 heavy (non-hydrogen) atoms. The molecule has 0 aliphatic carbocycles. The molecule has 88 valence electrons. The van der Waals surface area contributed by atoms with E-state index in [4.69, 9.17) is 4.74 Å². The highest BCUT2D eigenvalue weighted by atomic mass is 127. The lowest BCUT2D eigenvalue weighted by atomic mass is 10.3. The highest BCUT2D eigenvalue weighted by molar-refractivity contribution is 14.1. The maximum Gasteiger partial charge on any atom is 0.238 e. The molecule has 4 heteroatoms. The largest absolute Gasteiger partial charge is 0.436 e. The molecule has 1 heterocycles. The molecule has 0 aliphatic heterocycles. The van der Waals surface area contributed by atoms with Crippen LogP contribution in [0.5, 0.6) is 11.6 Å². The van der Waals surface area contributed by atoms with Crippen molar-refractivity contribution < 1.29 is 4.74 Å². The van der Waals surface area contributed by atoms with Gasteiger partial charge in [0.05, 0.1) is 20.8 Å². The normalized spacial score (nSPS) is 10.5. The number of hydrogen-bond donors (Lipinski definition) is 0. The molecule has 0 radical (unpaired) electrons. The Morgan fingerprint density at radius 1 is 0.889 bits per heavy atom. The van der Waals surface area contributed by atoms with Crippen LogP contribution in [-0.4, -0.2) is 9.97 Å². The molecule has 0 atom stereocenters. The minimum Gasteiger partial charge on any atom is -0.436 e. The van der Waals surface area contributed by atoms with Crippen LogP contribution in [0.4, 0.5) is 0 Å². The maximum atomic E-state index is 5.74. The van der Waals surface area contributed by atoms with Crippen LogP contribution in [0.15, 0.2) is 54.7 Å². The van der Waals surface area contributed by atoms with Gasteiger partial charge in [0.2, 0.25) is 5.88 Å². The Kier molecular flexibility index (Phi) is 3.10. The Bertz CT molecular complexity index is 700. The molecule has 0 fully saturated rings. The van der Waals surface area contributed by atoms with E-state index in [-0.39, 0.29) is 0 Å². The van der Waals surface area contributed by atoms with E-state index >= 15 is 0 Å². The molecule has 0 unspecified atom stereocenters. The van der Waals surface area contributed by atoms with E-state index in [1.54, 1.807) is 6.20 Å². The first-order chi connectivity index (χ1) is 8.83. The molecule has 0 N–H and O–H groups in total. The summed E-state index contributed by atoms with van der Waals surface area (Å²) in [5.41, 5.74) is 1.70. The van der Waals surface area contributed by atoms with Gasteiger partial charge in [-0.2, -0.15) is 0 Å². The van der Waals surface area contributed by atoms with Crippen molar-refractivity contribution in [2.75, 3.05) is 0 Å². The third kappa shape index (κ3) is 2.28. The quantitative estimate of drug-likeness (QED) is 0.656. The fourth-order valence-electron chi connectivity index (χ4n) is 1.63. The highest BCUT2D eigenvalue weighted by Gasteiger charge is 2.04. The van der Waals surface area contributed by atoms with Crippen LogP contribution in [0.3, 0.4) is 0 Å². The molecule has 3 aromatic rings. The smallest absolute Gasteiger partial charge is 0.238 e. The number of halogens is 1. The van der Waals surface area contributed by atoms with E-state index in [2.05, 4.69) is 32.6 Å². The lowest BCUT2D eigenvalue weighted by Crippen LogP contribution is -1.92. The maximum absolute atomic E-state index is 5.74. The third-order valence-corrected chi connectivity index (χ3v) is 3.37. The Hall–Kier alpha value is -1.69. The summed E-state index contributed by atoms with van der Waals surface area (Å²) in [4.78, 5) is 8.74. The molecule has 1 aromatic heterocycles. The summed E-state index contributed by atoms with van der Waals surface area (Å²) in [5, 5.41) is 0. The van der Waals surface area contributed by atoms with Crippen LogP contribution in [0.25, 0.3) is 11.0 Å². The van der Waals surface area contributed by atoms with Gasteiger partial charge in [-0.25, -0.2) is 9.97 Å². The predicted molar refractivity (Wildman–Crippen MR) is 78.8 cm³/mol. The second-order valence-electron chi connectivity index (χ2n) is 3.73. The van der Waals surface area contributed by atoms with E-state index in [0.717, 1.165) is 20.4 Å². The summed E-state index contributed by atoms with van der Waals surface area (Å²) in [6.07, 6.45) is 1.64. The van der Waals surface area contributed by atoms with Crippen LogP contribution in [0.2, 0.25) is 0 Å². The van der Waals surface area contributed by atoms with Gasteiger partial charge in [0.15, 0.2) is 0 Å². The van der Waals surface area contributed by atoms with Crippen LogP contribution in [0, 0.1) is 3.57 Å². The molecule has 0 spiro atoms. The Morgan fingerprint density at radius 2 is 1.61 bits per heavy atom. The van der Waals surface area contributed by atoms with E-state index in [1.165, 1.54) is 0 Å². The average Bonchev–Trinajstić information content (AvgIpc) is 2.41. The van der Waals surface area contributed by atoms with Gasteiger partial charge in [0.1, 0.15) is 5.75 Å². The van der Waals surface area contributed by atoms with Gasteiger partial charge in [-0.1, -0.05) is 24.3 Å². The first kappa shape index (κ1) is 11.4. The van der Waals surface area contributed by atoms with Crippen molar-refractivity contribution in [3.63, 3.8) is 0 Å². The minimum atomic E-state index is 0.512. The number of aromatic nitrogens is 2. The van der Waals surface area contributed by atoms with Crippen molar-refractivity contribution in [1.82, 2.24) is 9.97 Å². The van der Waals surface area contributed by atoms with Crippen molar-refractivity contribution >= 4 is 33.6 Å². The molecule has 0 amide bonds. The van der Waals surface area contributed by atoms with E-state index in [9.17, 15) is 0 Å². The van der Waals surface area contributed by atoms with Gasteiger partial charge in [-0.15, -0.1) is 0 Å². The fourth-order valence-corrected chi connectivity index (χ4v) is 2.13. The van der Waals surface area contributed by atoms with Crippen LogP contribution in [-0.2, 0) is 0 Å². The van der Waals surface area contributed by atoms with Crippen molar-refractivity contribution in [3.05, 3.63) is 58.3 Å². The van der Waals surface area contributed by atoms with Gasteiger partial charge in [-0.3, -0.25) is 0 Å². The Morgan fingerprint density at radius 3 is 2.44 bits per heavy atom. The van der Waals surface area contributed by atoms with Crippen LogP contribution < -0.4 is 4.74 Å². The number of para-hydroxylation sites is 3. The number of hydrogen-bond acceptors (Lipinski definition) is 3. The molecule has 0 saturated heterocycles. The molecule has 0 saturated carbocycles. The summed E-state index contributed by atoms with van der Waals surface area (Å²) < 4.78 is 6.78. The fraction of sp³-hybridized carbons (Fsp3) is 0. The minimum absolute atomic E-state index is 0.512. The summed E-state index contributed by atoms with van der Waals surface area (Å²) >= 11 is 2.23. The number of benzene rings is 2. The van der Waals surface area contributed by atoms with E-state index in [1.807, 2.05) is 48.5 Å². The van der Waals surface area contributed by atoms with Gasteiger partial charge in [-0.05, 0) is 46.9 Å². The van der Waals surface area contributed by atoms with Crippen LogP contribution in [0.1, 0.15) is 0 Å². The van der Waals surface area contributed by atoms with E-state index < -0.39 is 0 Å². The van der Waals surface area contributed by atoms with Gasteiger partial charge in [0.25, 0.3) is 0 Å². The lowest BCUT2D eigenvalue weighted by molar-refractivity contribution is 0.459. The first-order valence-electron chi connectivity index (χ1n) is 5.47. The molecule has 2 aromatic carbocycles. The Balaban J connectivity index is 1.98. The molecule has 0 aliphatic rings. The molecule has 3 nitrogen and oxygen atoms in total. The highest BCUT2D eigenvalue weighted by Crippen LogP contribution is 2.25. The second-order valence-corrected chi connectivity index (χ2v) is 4.89. The second kappa shape index (κ2) is 4.89. The zero-order valence-electron chi connectivity index (χ0n) is 9.38. The molecular weight excluding hydrogens is 339 g/mol. The van der Waals surface area contributed by atoms with E-state index in [0.29, 0.717) is 5.88 Å². The number of rotatable bonds is 2. The summed E-state index contributed by atoms with van der Waals surface area (Å²) in [7, 11) is 0. The van der Waals surface area contributed by atoms with Crippen molar-refractivity contribution in [2.45, 2.75) is 0 Å². The Labute approximate surface area is 118 Å².